The number of allylic oxidation sites excluding steroid dienone is 2. The van der Waals surface area contributed by atoms with Crippen molar-refractivity contribution in [3.05, 3.63) is 70.6 Å². The number of nitrogens with zero attached hydrogens (tertiary/aromatic N) is 3. The molecule has 0 N–H and O–H groups in total. The molecular formula is C30H33N3O. The van der Waals surface area contributed by atoms with Gasteiger partial charge in [-0.2, -0.15) is 0 Å². The molecule has 3 aromatic rings. The largest absolute Gasteiger partial charge is 0.360 e. The van der Waals surface area contributed by atoms with Gasteiger partial charge < -0.3 is 9.42 Å². The van der Waals surface area contributed by atoms with Crippen molar-refractivity contribution in [1.29, 1.82) is 0 Å². The molecule has 1 aromatic carbocycles. The van der Waals surface area contributed by atoms with Crippen LogP contribution in [0.15, 0.2) is 47.1 Å². The standard InChI is InChI=1S/C30H33N3O/c1-18-7-12-25(31-17-18)33-23-10-11-24(33)16-30(15-23)13-22(14-30)27-28(32-34-29(27)21-8-9-21)26-19(2)5-4-6-20(26)3/h4-7,12-13,17,21,23-24H,8-11,14-16H2,1-3H3. The maximum absolute atomic E-state index is 6.05. The van der Waals surface area contributed by atoms with Gasteiger partial charge in [0.05, 0.1) is 0 Å². The zero-order valence-corrected chi connectivity index (χ0v) is 20.5. The molecule has 0 amide bonds. The Kier molecular flexibility index (Phi) is 4.40. The van der Waals surface area contributed by atoms with Crippen LogP contribution in [0.3, 0.4) is 0 Å². The summed E-state index contributed by atoms with van der Waals surface area (Å²) < 4.78 is 6.05. The fourth-order valence-corrected chi connectivity index (χ4v) is 7.11. The summed E-state index contributed by atoms with van der Waals surface area (Å²) in [6.07, 6.45) is 13.3. The van der Waals surface area contributed by atoms with Crippen LogP contribution in [0.2, 0.25) is 0 Å². The first kappa shape index (κ1) is 20.5. The molecule has 0 radical (unpaired) electrons. The Hall–Kier alpha value is -2.88. The third-order valence-corrected chi connectivity index (χ3v) is 8.79. The SMILES string of the molecule is Cc1ccc(N2C3CCC2CC2(C=C(c4c(-c5c(C)cccc5C)noc4C4CC4)C2)C3)nc1. The molecule has 4 aliphatic rings. The number of hydrogen-bond acceptors (Lipinski definition) is 4. The summed E-state index contributed by atoms with van der Waals surface area (Å²) >= 11 is 0. The van der Waals surface area contributed by atoms with E-state index in [0.717, 1.165) is 17.9 Å². The number of aromatic nitrogens is 2. The van der Waals surface area contributed by atoms with Gasteiger partial charge in [0.25, 0.3) is 0 Å². The van der Waals surface area contributed by atoms with Crippen LogP contribution in [0.25, 0.3) is 16.8 Å². The van der Waals surface area contributed by atoms with Crippen molar-refractivity contribution in [3.8, 4) is 11.3 Å². The van der Waals surface area contributed by atoms with Gasteiger partial charge in [-0.05, 0) is 99.5 Å². The van der Waals surface area contributed by atoms with Gasteiger partial charge in [-0.3, -0.25) is 0 Å². The van der Waals surface area contributed by atoms with E-state index in [2.05, 4.69) is 67.2 Å². The molecule has 2 aromatic heterocycles. The Labute approximate surface area is 202 Å². The second-order valence-electron chi connectivity index (χ2n) is 11.4. The number of hydrogen-bond donors (Lipinski definition) is 0. The lowest BCUT2D eigenvalue weighted by Crippen LogP contribution is -2.49. The van der Waals surface area contributed by atoms with Gasteiger partial charge in [0, 0.05) is 35.3 Å². The van der Waals surface area contributed by atoms with Crippen LogP contribution < -0.4 is 4.90 Å². The highest BCUT2D eigenvalue weighted by Crippen LogP contribution is 2.59. The normalized spacial score (nSPS) is 27.7. The van der Waals surface area contributed by atoms with E-state index in [4.69, 9.17) is 9.51 Å². The minimum atomic E-state index is 0.332. The summed E-state index contributed by atoms with van der Waals surface area (Å²) in [4.78, 5) is 7.41. The number of fused-ring (bicyclic) bond motifs is 2. The summed E-state index contributed by atoms with van der Waals surface area (Å²) in [5, 5.41) is 4.67. The first-order chi connectivity index (χ1) is 16.5. The zero-order chi connectivity index (χ0) is 23.0. The van der Waals surface area contributed by atoms with Crippen molar-refractivity contribution in [1.82, 2.24) is 10.1 Å². The predicted molar refractivity (Wildman–Crippen MR) is 136 cm³/mol. The highest BCUT2D eigenvalue weighted by atomic mass is 16.5. The topological polar surface area (TPSA) is 42.2 Å². The minimum absolute atomic E-state index is 0.332. The molecule has 1 saturated carbocycles. The molecule has 34 heavy (non-hydrogen) atoms. The molecule has 2 aliphatic carbocycles. The molecule has 4 heteroatoms. The second kappa shape index (κ2) is 7.31. The average Bonchev–Trinajstić information content (AvgIpc) is 3.50. The Balaban J connectivity index is 1.22. The van der Waals surface area contributed by atoms with E-state index in [0.29, 0.717) is 23.4 Å². The van der Waals surface area contributed by atoms with Crippen LogP contribution >= 0.6 is 0 Å². The smallest absolute Gasteiger partial charge is 0.147 e. The van der Waals surface area contributed by atoms with Gasteiger partial charge in [-0.1, -0.05) is 35.5 Å². The highest BCUT2D eigenvalue weighted by molar-refractivity contribution is 5.86. The van der Waals surface area contributed by atoms with E-state index in [-0.39, 0.29) is 0 Å². The van der Waals surface area contributed by atoms with Crippen LogP contribution in [0.1, 0.15) is 78.9 Å². The molecule has 2 aliphatic heterocycles. The monoisotopic (exact) mass is 451 g/mol. The van der Waals surface area contributed by atoms with E-state index in [1.165, 1.54) is 77.7 Å². The van der Waals surface area contributed by atoms with E-state index in [9.17, 15) is 0 Å². The van der Waals surface area contributed by atoms with Crippen LogP contribution in [-0.4, -0.2) is 22.2 Å². The summed E-state index contributed by atoms with van der Waals surface area (Å²) in [7, 11) is 0. The molecule has 2 atom stereocenters. The van der Waals surface area contributed by atoms with Crippen molar-refractivity contribution < 1.29 is 4.52 Å². The summed E-state index contributed by atoms with van der Waals surface area (Å²) in [5.74, 6) is 2.87. The Morgan fingerprint density at radius 3 is 2.24 bits per heavy atom. The average molecular weight is 452 g/mol. The van der Waals surface area contributed by atoms with Crippen molar-refractivity contribution in [2.75, 3.05) is 4.90 Å². The fourth-order valence-electron chi connectivity index (χ4n) is 7.11. The van der Waals surface area contributed by atoms with E-state index < -0.39 is 0 Å². The third-order valence-electron chi connectivity index (χ3n) is 8.79. The number of anilines is 1. The van der Waals surface area contributed by atoms with Crippen molar-refractivity contribution in [2.45, 2.75) is 83.7 Å². The molecule has 7 rings (SSSR count). The molecule has 174 valence electrons. The van der Waals surface area contributed by atoms with Crippen LogP contribution in [0.5, 0.6) is 0 Å². The van der Waals surface area contributed by atoms with Crippen molar-refractivity contribution in [2.24, 2.45) is 5.41 Å². The number of piperidine rings is 1. The predicted octanol–water partition coefficient (Wildman–Crippen LogP) is 7.14. The lowest BCUT2D eigenvalue weighted by Gasteiger charge is -2.50. The number of rotatable bonds is 4. The summed E-state index contributed by atoms with van der Waals surface area (Å²) in [6.45, 7) is 6.51. The number of aryl methyl sites for hydroxylation is 3. The fraction of sp³-hybridized carbons (Fsp3) is 0.467. The molecule has 4 nitrogen and oxygen atoms in total. The molecule has 1 spiro atoms. The maximum Gasteiger partial charge on any atom is 0.147 e. The lowest BCUT2D eigenvalue weighted by molar-refractivity contribution is 0.231. The van der Waals surface area contributed by atoms with Gasteiger partial charge >= 0.3 is 0 Å². The summed E-state index contributed by atoms with van der Waals surface area (Å²) in [6, 6.07) is 12.2. The maximum atomic E-state index is 6.05. The van der Waals surface area contributed by atoms with Gasteiger partial charge in [-0.15, -0.1) is 0 Å². The van der Waals surface area contributed by atoms with E-state index in [1.807, 2.05) is 6.20 Å². The number of pyridine rings is 1. The molecule has 3 fully saturated rings. The van der Waals surface area contributed by atoms with Gasteiger partial charge in [0.1, 0.15) is 17.3 Å². The quantitative estimate of drug-likeness (QED) is 0.423. The Bertz CT molecular complexity index is 1260. The lowest BCUT2D eigenvalue weighted by atomic mass is 9.61. The molecule has 2 saturated heterocycles. The van der Waals surface area contributed by atoms with Crippen LogP contribution in [0, 0.1) is 26.2 Å². The molecule has 2 bridgehead atoms. The van der Waals surface area contributed by atoms with Crippen molar-refractivity contribution >= 4 is 11.4 Å². The second-order valence-corrected chi connectivity index (χ2v) is 11.4. The van der Waals surface area contributed by atoms with Gasteiger partial charge in [0.2, 0.25) is 0 Å². The first-order valence-electron chi connectivity index (χ1n) is 13.0. The molecule has 4 heterocycles. The van der Waals surface area contributed by atoms with Gasteiger partial charge in [0.15, 0.2) is 0 Å². The molecule has 2 unspecified atom stereocenters. The van der Waals surface area contributed by atoms with Crippen molar-refractivity contribution in [3.63, 3.8) is 0 Å². The minimum Gasteiger partial charge on any atom is -0.360 e. The Morgan fingerprint density at radius 2 is 1.62 bits per heavy atom. The zero-order valence-electron chi connectivity index (χ0n) is 20.5. The van der Waals surface area contributed by atoms with Crippen LogP contribution in [-0.2, 0) is 0 Å². The number of benzene rings is 1. The Morgan fingerprint density at radius 1 is 0.912 bits per heavy atom. The van der Waals surface area contributed by atoms with Crippen LogP contribution in [0.4, 0.5) is 5.82 Å². The first-order valence-corrected chi connectivity index (χ1v) is 13.0. The van der Waals surface area contributed by atoms with E-state index >= 15 is 0 Å². The third kappa shape index (κ3) is 3.10. The van der Waals surface area contributed by atoms with E-state index in [1.54, 1.807) is 0 Å². The molecular weight excluding hydrogens is 418 g/mol. The highest BCUT2D eigenvalue weighted by Gasteiger charge is 2.52. The van der Waals surface area contributed by atoms with Gasteiger partial charge in [-0.25, -0.2) is 4.98 Å². The summed E-state index contributed by atoms with van der Waals surface area (Å²) in [5.41, 5.74) is 9.25.